The van der Waals surface area contributed by atoms with Crippen LogP contribution in [0.15, 0.2) is 42.0 Å². The van der Waals surface area contributed by atoms with Crippen molar-refractivity contribution in [1.82, 2.24) is 9.80 Å². The summed E-state index contributed by atoms with van der Waals surface area (Å²) in [5.41, 5.74) is 2.24. The second-order valence-electron chi connectivity index (χ2n) is 10.3. The zero-order valence-electron chi connectivity index (χ0n) is 24.4. The normalized spacial score (nSPS) is 19.7. The molecule has 4 rings (SSSR count). The Morgan fingerprint density at radius 3 is 2.52 bits per heavy atom. The van der Waals surface area contributed by atoms with Crippen molar-refractivity contribution >= 4 is 17.4 Å². The number of amides is 1. The molecule has 0 spiro atoms. The van der Waals surface area contributed by atoms with E-state index in [0.29, 0.717) is 48.8 Å². The van der Waals surface area contributed by atoms with Gasteiger partial charge in [-0.25, -0.2) is 0 Å². The molecule has 0 unspecified atom stereocenters. The molecule has 1 saturated heterocycles. The summed E-state index contributed by atoms with van der Waals surface area (Å²) in [6.07, 6.45) is 2.32. The molecule has 2 aliphatic rings. The molecule has 2 aromatic carbocycles. The molecule has 0 saturated carbocycles. The Balaban J connectivity index is 1.78. The first-order valence-corrected chi connectivity index (χ1v) is 14.5. The van der Waals surface area contributed by atoms with Crippen molar-refractivity contribution in [3.05, 3.63) is 58.7 Å². The van der Waals surface area contributed by atoms with Crippen LogP contribution in [0.1, 0.15) is 70.2 Å². The summed E-state index contributed by atoms with van der Waals surface area (Å²) < 4.78 is 17.6. The van der Waals surface area contributed by atoms with Crippen molar-refractivity contribution in [3.8, 4) is 17.2 Å². The standard InChI is InChI=1S/C32H42N2O6/c1-6-17-39-26-14-11-22(20-27(26)38-9-4)29-28(30(35)23-12-13-25-24(19-23)18-21(5)40-25)31(36)32(37)34(29)16-10-15-33(7-2)8-3/h11-14,19-21,29,35H,6-10,15-18H2,1-5H3/b30-28+/t21-,29+/m1/s1. The Hall–Kier alpha value is -3.52. The van der Waals surface area contributed by atoms with Gasteiger partial charge in [-0.1, -0.05) is 26.8 Å². The summed E-state index contributed by atoms with van der Waals surface area (Å²) in [5.74, 6) is 0.473. The van der Waals surface area contributed by atoms with Gasteiger partial charge in [0.05, 0.1) is 24.8 Å². The third-order valence-electron chi connectivity index (χ3n) is 7.52. The van der Waals surface area contributed by atoms with Crippen LogP contribution in [0, 0.1) is 0 Å². The molecule has 0 aliphatic carbocycles. The molecule has 2 heterocycles. The fourth-order valence-electron chi connectivity index (χ4n) is 5.48. The zero-order chi connectivity index (χ0) is 28.8. The Labute approximate surface area is 237 Å². The smallest absolute Gasteiger partial charge is 0.295 e. The predicted molar refractivity (Wildman–Crippen MR) is 155 cm³/mol. The molecule has 2 atom stereocenters. The van der Waals surface area contributed by atoms with Crippen molar-refractivity contribution < 1.29 is 28.9 Å². The maximum absolute atomic E-state index is 13.5. The number of carbonyl (C=O) groups excluding carboxylic acids is 2. The number of rotatable bonds is 13. The Kier molecular flexibility index (Phi) is 9.74. The van der Waals surface area contributed by atoms with Gasteiger partial charge < -0.3 is 29.1 Å². The van der Waals surface area contributed by atoms with Crippen LogP contribution in [-0.4, -0.2) is 72.1 Å². The maximum atomic E-state index is 13.5. The van der Waals surface area contributed by atoms with Crippen LogP contribution in [0.4, 0.5) is 0 Å². The van der Waals surface area contributed by atoms with Gasteiger partial charge in [0.15, 0.2) is 11.5 Å². The average molecular weight is 551 g/mol. The van der Waals surface area contributed by atoms with E-state index >= 15 is 0 Å². The molecular weight excluding hydrogens is 508 g/mol. The Bertz CT molecular complexity index is 1250. The van der Waals surface area contributed by atoms with Crippen molar-refractivity contribution in [1.29, 1.82) is 0 Å². The van der Waals surface area contributed by atoms with Crippen molar-refractivity contribution in [2.75, 3.05) is 39.4 Å². The highest BCUT2D eigenvalue weighted by Crippen LogP contribution is 2.43. The fourth-order valence-corrected chi connectivity index (χ4v) is 5.48. The number of aliphatic hydroxyl groups excluding tert-OH is 1. The number of Topliss-reactive ketones (excluding diaryl/α,β-unsaturated/α-hetero) is 1. The van der Waals surface area contributed by atoms with Crippen LogP contribution < -0.4 is 14.2 Å². The topological polar surface area (TPSA) is 88.5 Å². The number of aliphatic hydroxyl groups is 1. The first-order chi connectivity index (χ1) is 19.3. The van der Waals surface area contributed by atoms with Gasteiger partial charge in [0.2, 0.25) is 0 Å². The Morgan fingerprint density at radius 2 is 1.82 bits per heavy atom. The molecule has 40 heavy (non-hydrogen) atoms. The third-order valence-corrected chi connectivity index (χ3v) is 7.52. The van der Waals surface area contributed by atoms with E-state index in [-0.39, 0.29) is 17.4 Å². The second-order valence-corrected chi connectivity index (χ2v) is 10.3. The van der Waals surface area contributed by atoms with E-state index in [1.165, 1.54) is 0 Å². The van der Waals surface area contributed by atoms with Gasteiger partial charge in [-0.15, -0.1) is 0 Å². The fraction of sp³-hybridized carbons (Fsp3) is 0.500. The van der Waals surface area contributed by atoms with Gasteiger partial charge in [0.1, 0.15) is 17.6 Å². The molecule has 0 radical (unpaired) electrons. The molecule has 8 nitrogen and oxygen atoms in total. The van der Waals surface area contributed by atoms with E-state index in [1.54, 1.807) is 11.0 Å². The minimum absolute atomic E-state index is 0.0502. The highest BCUT2D eigenvalue weighted by Gasteiger charge is 2.46. The molecule has 216 valence electrons. The monoisotopic (exact) mass is 550 g/mol. The first kappa shape index (κ1) is 29.5. The minimum Gasteiger partial charge on any atom is -0.507 e. The molecular formula is C32H42N2O6. The lowest BCUT2D eigenvalue weighted by molar-refractivity contribution is -0.140. The quantitative estimate of drug-likeness (QED) is 0.204. The summed E-state index contributed by atoms with van der Waals surface area (Å²) in [5, 5.41) is 11.6. The highest BCUT2D eigenvalue weighted by molar-refractivity contribution is 6.46. The summed E-state index contributed by atoms with van der Waals surface area (Å²) in [7, 11) is 0. The second kappa shape index (κ2) is 13.2. The summed E-state index contributed by atoms with van der Waals surface area (Å²) in [4.78, 5) is 30.8. The summed E-state index contributed by atoms with van der Waals surface area (Å²) in [6, 6.07) is 10.2. The van der Waals surface area contributed by atoms with E-state index in [9.17, 15) is 14.7 Å². The van der Waals surface area contributed by atoms with Crippen LogP contribution in [0.5, 0.6) is 17.2 Å². The number of ketones is 1. The van der Waals surface area contributed by atoms with Gasteiger partial charge in [0, 0.05) is 18.5 Å². The van der Waals surface area contributed by atoms with Crippen molar-refractivity contribution in [2.24, 2.45) is 0 Å². The van der Waals surface area contributed by atoms with E-state index in [1.807, 2.05) is 51.1 Å². The highest BCUT2D eigenvalue weighted by atomic mass is 16.5. The number of fused-ring (bicyclic) bond motifs is 1. The minimum atomic E-state index is -0.750. The van der Waals surface area contributed by atoms with Crippen LogP contribution in [-0.2, 0) is 16.0 Å². The van der Waals surface area contributed by atoms with Crippen LogP contribution in [0.25, 0.3) is 5.76 Å². The van der Waals surface area contributed by atoms with Crippen molar-refractivity contribution in [2.45, 2.75) is 66.0 Å². The number of hydrogen-bond acceptors (Lipinski definition) is 7. The summed E-state index contributed by atoms with van der Waals surface area (Å²) in [6.45, 7) is 14.1. The summed E-state index contributed by atoms with van der Waals surface area (Å²) >= 11 is 0. The van der Waals surface area contributed by atoms with Crippen LogP contribution >= 0.6 is 0 Å². The number of nitrogens with zero attached hydrogens (tertiary/aromatic N) is 2. The number of benzene rings is 2. The van der Waals surface area contributed by atoms with Gasteiger partial charge >= 0.3 is 0 Å². The zero-order valence-corrected chi connectivity index (χ0v) is 24.4. The molecule has 0 aromatic heterocycles. The lowest BCUT2D eigenvalue weighted by atomic mass is 9.94. The SMILES string of the molecule is CCCOc1ccc([C@H]2/C(=C(\O)c3ccc4c(c3)C[C@@H](C)O4)C(=O)C(=O)N2CCCN(CC)CC)cc1OCC. The maximum Gasteiger partial charge on any atom is 0.295 e. The molecule has 1 amide bonds. The molecule has 8 heteroatoms. The van der Waals surface area contributed by atoms with E-state index in [2.05, 4.69) is 18.7 Å². The predicted octanol–water partition coefficient (Wildman–Crippen LogP) is 5.35. The molecule has 2 aliphatic heterocycles. The Morgan fingerprint density at radius 1 is 1.05 bits per heavy atom. The number of hydrogen-bond donors (Lipinski definition) is 1. The first-order valence-electron chi connectivity index (χ1n) is 14.5. The average Bonchev–Trinajstić information content (AvgIpc) is 3.45. The lowest BCUT2D eigenvalue weighted by Gasteiger charge is -2.27. The molecule has 0 bridgehead atoms. The number of likely N-dealkylation sites (tertiary alicyclic amines) is 1. The van der Waals surface area contributed by atoms with Gasteiger partial charge in [-0.05, 0) is 87.8 Å². The number of ether oxygens (including phenoxy) is 3. The molecule has 2 aromatic rings. The molecule has 1 fully saturated rings. The third kappa shape index (κ3) is 6.12. The lowest BCUT2D eigenvalue weighted by Crippen LogP contribution is -2.33. The van der Waals surface area contributed by atoms with E-state index < -0.39 is 17.7 Å². The van der Waals surface area contributed by atoms with Crippen molar-refractivity contribution in [3.63, 3.8) is 0 Å². The van der Waals surface area contributed by atoms with Gasteiger partial charge in [-0.3, -0.25) is 9.59 Å². The van der Waals surface area contributed by atoms with E-state index in [0.717, 1.165) is 43.8 Å². The number of carbonyl (C=O) groups is 2. The van der Waals surface area contributed by atoms with Gasteiger partial charge in [-0.2, -0.15) is 0 Å². The molecule has 1 N–H and O–H groups in total. The largest absolute Gasteiger partial charge is 0.507 e. The van der Waals surface area contributed by atoms with Crippen LogP contribution in [0.2, 0.25) is 0 Å². The van der Waals surface area contributed by atoms with Gasteiger partial charge in [0.25, 0.3) is 11.7 Å². The van der Waals surface area contributed by atoms with E-state index in [4.69, 9.17) is 14.2 Å². The van der Waals surface area contributed by atoms with Crippen LogP contribution in [0.3, 0.4) is 0 Å².